The minimum atomic E-state index is 0.00759. The largest absolute Gasteiger partial charge is 0.471 e. The van der Waals surface area contributed by atoms with E-state index in [1.54, 1.807) is 12.3 Å². The average molecular weight is 332 g/mol. The second kappa shape index (κ2) is 8.45. The predicted octanol–water partition coefficient (Wildman–Crippen LogP) is 3.10. The van der Waals surface area contributed by atoms with Crippen molar-refractivity contribution >= 4 is 17.6 Å². The van der Waals surface area contributed by atoms with Gasteiger partial charge in [-0.1, -0.05) is 12.8 Å². The van der Waals surface area contributed by atoms with Gasteiger partial charge in [-0.15, -0.1) is 0 Å². The smallest absolute Gasteiger partial charge is 0.258 e. The SMILES string of the molecule is O=C(CCCC1CCN(C(=O)C2CCCC2)CC1)C1=NC=CCO1. The van der Waals surface area contributed by atoms with Crippen molar-refractivity contribution in [2.75, 3.05) is 19.7 Å². The summed E-state index contributed by atoms with van der Waals surface area (Å²) in [6, 6.07) is 0. The average Bonchev–Trinajstić information content (AvgIpc) is 3.17. The lowest BCUT2D eigenvalue weighted by atomic mass is 9.90. The van der Waals surface area contributed by atoms with Crippen LogP contribution in [0.5, 0.6) is 0 Å². The van der Waals surface area contributed by atoms with Gasteiger partial charge in [-0.2, -0.15) is 0 Å². The van der Waals surface area contributed by atoms with Gasteiger partial charge < -0.3 is 9.64 Å². The third-order valence-corrected chi connectivity index (χ3v) is 5.50. The van der Waals surface area contributed by atoms with Crippen LogP contribution in [-0.4, -0.2) is 42.2 Å². The van der Waals surface area contributed by atoms with Gasteiger partial charge >= 0.3 is 0 Å². The molecular formula is C19H28N2O3. The fourth-order valence-corrected chi connectivity index (χ4v) is 4.01. The lowest BCUT2D eigenvalue weighted by Gasteiger charge is -2.33. The van der Waals surface area contributed by atoms with Crippen molar-refractivity contribution in [3.8, 4) is 0 Å². The molecule has 3 rings (SSSR count). The molecule has 5 heteroatoms. The van der Waals surface area contributed by atoms with E-state index in [1.165, 1.54) is 12.8 Å². The summed E-state index contributed by atoms with van der Waals surface area (Å²) in [4.78, 5) is 30.5. The number of likely N-dealkylation sites (tertiary alicyclic amines) is 1. The Balaban J connectivity index is 1.33. The Kier molecular flexibility index (Phi) is 6.05. The molecule has 2 heterocycles. The van der Waals surface area contributed by atoms with Crippen LogP contribution in [0.2, 0.25) is 0 Å². The van der Waals surface area contributed by atoms with Crippen molar-refractivity contribution in [1.29, 1.82) is 0 Å². The first-order chi connectivity index (χ1) is 11.7. The quantitative estimate of drug-likeness (QED) is 0.751. The zero-order valence-corrected chi connectivity index (χ0v) is 14.4. The number of aliphatic imine (C=N–C) groups is 1. The molecule has 5 nitrogen and oxygen atoms in total. The Morgan fingerprint density at radius 3 is 2.58 bits per heavy atom. The summed E-state index contributed by atoms with van der Waals surface area (Å²) in [5.41, 5.74) is 0. The first-order valence-corrected chi connectivity index (χ1v) is 9.41. The predicted molar refractivity (Wildman–Crippen MR) is 92.6 cm³/mol. The zero-order chi connectivity index (χ0) is 16.8. The summed E-state index contributed by atoms with van der Waals surface area (Å²) in [5.74, 6) is 1.59. The van der Waals surface area contributed by atoms with Gasteiger partial charge in [0, 0.05) is 31.6 Å². The number of Topliss-reactive ketones (excluding diaryl/α,β-unsaturated/α-hetero) is 1. The maximum absolute atomic E-state index is 12.4. The molecule has 1 amide bonds. The summed E-state index contributed by atoms with van der Waals surface area (Å²) >= 11 is 0. The highest BCUT2D eigenvalue weighted by molar-refractivity contribution is 6.36. The number of carbonyl (C=O) groups is 2. The monoisotopic (exact) mass is 332 g/mol. The van der Waals surface area contributed by atoms with Crippen molar-refractivity contribution in [3.05, 3.63) is 12.3 Å². The van der Waals surface area contributed by atoms with Crippen molar-refractivity contribution in [3.63, 3.8) is 0 Å². The fraction of sp³-hybridized carbons (Fsp3) is 0.737. The van der Waals surface area contributed by atoms with Gasteiger partial charge in [0.2, 0.25) is 11.7 Å². The standard InChI is InChI=1S/C19H28N2O3/c22-17(18-20-11-4-14-24-18)8-3-5-15-9-12-21(13-10-15)19(23)16-6-1-2-7-16/h4,11,15-16H,1-3,5-10,12-14H2. The van der Waals surface area contributed by atoms with Crippen LogP contribution in [-0.2, 0) is 14.3 Å². The molecule has 0 unspecified atom stereocenters. The topological polar surface area (TPSA) is 59.0 Å². The van der Waals surface area contributed by atoms with Gasteiger partial charge in [0.05, 0.1) is 0 Å². The fourth-order valence-electron chi connectivity index (χ4n) is 4.01. The Bertz CT molecular complexity index is 513. The molecule has 0 spiro atoms. The number of carbonyl (C=O) groups excluding carboxylic acids is 2. The van der Waals surface area contributed by atoms with E-state index in [0.29, 0.717) is 30.8 Å². The Morgan fingerprint density at radius 2 is 1.92 bits per heavy atom. The van der Waals surface area contributed by atoms with Gasteiger partial charge in [0.1, 0.15) is 6.61 Å². The number of hydrogen-bond donors (Lipinski definition) is 0. The van der Waals surface area contributed by atoms with Crippen LogP contribution in [0.25, 0.3) is 0 Å². The van der Waals surface area contributed by atoms with Crippen LogP contribution in [0.1, 0.15) is 57.8 Å². The first kappa shape index (κ1) is 17.2. The molecule has 0 atom stereocenters. The van der Waals surface area contributed by atoms with Crippen molar-refractivity contribution in [1.82, 2.24) is 4.90 Å². The molecule has 0 bridgehead atoms. The van der Waals surface area contributed by atoms with Crippen molar-refractivity contribution in [2.24, 2.45) is 16.8 Å². The normalized spacial score (nSPS) is 22.3. The van der Waals surface area contributed by atoms with Crippen LogP contribution in [0.3, 0.4) is 0 Å². The summed E-state index contributed by atoms with van der Waals surface area (Å²) in [7, 11) is 0. The molecule has 132 valence electrons. The Hall–Kier alpha value is -1.65. The number of piperidine rings is 1. The van der Waals surface area contributed by atoms with E-state index in [1.807, 2.05) is 0 Å². The van der Waals surface area contributed by atoms with Crippen LogP contribution in [0, 0.1) is 11.8 Å². The van der Waals surface area contributed by atoms with Gasteiger partial charge in [-0.25, -0.2) is 4.99 Å². The highest BCUT2D eigenvalue weighted by Crippen LogP contribution is 2.29. The molecule has 2 fully saturated rings. The molecule has 2 aliphatic heterocycles. The maximum Gasteiger partial charge on any atom is 0.258 e. The summed E-state index contributed by atoms with van der Waals surface area (Å²) in [5, 5.41) is 0. The maximum atomic E-state index is 12.4. The number of hydrogen-bond acceptors (Lipinski definition) is 4. The lowest BCUT2D eigenvalue weighted by molar-refractivity contribution is -0.136. The molecule has 3 aliphatic rings. The second-order valence-corrected chi connectivity index (χ2v) is 7.20. The van der Waals surface area contributed by atoms with Crippen LogP contribution < -0.4 is 0 Å². The molecule has 1 saturated heterocycles. The van der Waals surface area contributed by atoms with Gasteiger partial charge in [-0.3, -0.25) is 9.59 Å². The molecule has 0 N–H and O–H groups in total. The van der Waals surface area contributed by atoms with E-state index in [-0.39, 0.29) is 11.7 Å². The van der Waals surface area contributed by atoms with Gasteiger partial charge in [-0.05, 0) is 50.5 Å². The first-order valence-electron chi connectivity index (χ1n) is 9.41. The van der Waals surface area contributed by atoms with Crippen LogP contribution in [0.4, 0.5) is 0 Å². The zero-order valence-electron chi connectivity index (χ0n) is 14.4. The molecule has 1 aliphatic carbocycles. The highest BCUT2D eigenvalue weighted by atomic mass is 16.5. The molecular weight excluding hydrogens is 304 g/mol. The van der Waals surface area contributed by atoms with E-state index in [0.717, 1.165) is 51.6 Å². The van der Waals surface area contributed by atoms with E-state index >= 15 is 0 Å². The Morgan fingerprint density at radius 1 is 1.17 bits per heavy atom. The van der Waals surface area contributed by atoms with Gasteiger partial charge in [0.15, 0.2) is 0 Å². The number of ketones is 1. The molecule has 0 radical (unpaired) electrons. The van der Waals surface area contributed by atoms with E-state index < -0.39 is 0 Å². The summed E-state index contributed by atoms with van der Waals surface area (Å²) in [6.07, 6.45) is 12.6. The Labute approximate surface area is 144 Å². The third-order valence-electron chi connectivity index (χ3n) is 5.50. The minimum Gasteiger partial charge on any atom is -0.471 e. The van der Waals surface area contributed by atoms with E-state index in [2.05, 4.69) is 9.89 Å². The van der Waals surface area contributed by atoms with Crippen LogP contribution >= 0.6 is 0 Å². The number of ether oxygens (including phenoxy) is 1. The summed E-state index contributed by atoms with van der Waals surface area (Å²) < 4.78 is 5.24. The number of nitrogens with zero attached hydrogens (tertiary/aromatic N) is 2. The second-order valence-electron chi connectivity index (χ2n) is 7.20. The third kappa shape index (κ3) is 4.46. The molecule has 0 aromatic heterocycles. The number of amides is 1. The molecule has 0 aromatic rings. The lowest BCUT2D eigenvalue weighted by Crippen LogP contribution is -2.41. The van der Waals surface area contributed by atoms with Crippen molar-refractivity contribution in [2.45, 2.75) is 57.8 Å². The molecule has 24 heavy (non-hydrogen) atoms. The van der Waals surface area contributed by atoms with E-state index in [4.69, 9.17) is 4.74 Å². The van der Waals surface area contributed by atoms with Crippen LogP contribution in [0.15, 0.2) is 17.3 Å². The van der Waals surface area contributed by atoms with E-state index in [9.17, 15) is 9.59 Å². The van der Waals surface area contributed by atoms with Crippen molar-refractivity contribution < 1.29 is 14.3 Å². The molecule has 0 aromatic carbocycles. The molecule has 1 saturated carbocycles. The van der Waals surface area contributed by atoms with Gasteiger partial charge in [0.25, 0.3) is 5.90 Å². The highest BCUT2D eigenvalue weighted by Gasteiger charge is 2.29. The minimum absolute atomic E-state index is 0.00759. The summed E-state index contributed by atoms with van der Waals surface area (Å²) in [6.45, 7) is 2.24. The number of rotatable bonds is 6.